The van der Waals surface area contributed by atoms with E-state index < -0.39 is 0 Å². The van der Waals surface area contributed by atoms with Crippen LogP contribution >= 0.6 is 15.9 Å². The maximum atomic E-state index is 5.40. The number of methoxy groups -OCH3 is 1. The first-order valence-electron chi connectivity index (χ1n) is 7.48. The van der Waals surface area contributed by atoms with Crippen molar-refractivity contribution in [2.75, 3.05) is 33.3 Å². The highest BCUT2D eigenvalue weighted by molar-refractivity contribution is 9.10. The van der Waals surface area contributed by atoms with Gasteiger partial charge in [0.25, 0.3) is 0 Å². The first kappa shape index (κ1) is 15.8. The van der Waals surface area contributed by atoms with E-state index in [0.29, 0.717) is 0 Å². The van der Waals surface area contributed by atoms with Gasteiger partial charge in [-0.25, -0.2) is 0 Å². The molecular formula is C16H25BrN2O. The molecule has 1 heterocycles. The Hall–Kier alpha value is -0.580. The number of nitrogens with one attached hydrogen (secondary N) is 1. The predicted molar refractivity (Wildman–Crippen MR) is 87.2 cm³/mol. The Balaban J connectivity index is 1.77. The van der Waals surface area contributed by atoms with E-state index in [2.05, 4.69) is 39.1 Å². The van der Waals surface area contributed by atoms with Gasteiger partial charge in [0, 0.05) is 16.6 Å². The molecule has 1 aromatic rings. The van der Waals surface area contributed by atoms with Crippen LogP contribution in [0.15, 0.2) is 22.7 Å². The molecule has 0 amide bonds. The summed E-state index contributed by atoms with van der Waals surface area (Å²) in [5, 5.41) is 3.59. The Bertz CT molecular complexity index is 417. The van der Waals surface area contributed by atoms with E-state index in [1.54, 1.807) is 7.11 Å². The van der Waals surface area contributed by atoms with Crippen LogP contribution in [0.5, 0.6) is 5.75 Å². The Morgan fingerprint density at radius 1 is 1.35 bits per heavy atom. The van der Waals surface area contributed by atoms with Crippen molar-refractivity contribution < 1.29 is 4.74 Å². The largest absolute Gasteiger partial charge is 0.496 e. The van der Waals surface area contributed by atoms with Gasteiger partial charge in [0.1, 0.15) is 5.75 Å². The quantitative estimate of drug-likeness (QED) is 0.859. The Morgan fingerprint density at radius 2 is 2.10 bits per heavy atom. The number of piperidine rings is 1. The second-order valence-corrected chi connectivity index (χ2v) is 6.38. The van der Waals surface area contributed by atoms with Gasteiger partial charge in [-0.1, -0.05) is 22.9 Å². The predicted octanol–water partition coefficient (Wildman–Crippen LogP) is 3.28. The van der Waals surface area contributed by atoms with Crippen LogP contribution in [0.2, 0.25) is 0 Å². The van der Waals surface area contributed by atoms with Gasteiger partial charge < -0.3 is 15.0 Å². The van der Waals surface area contributed by atoms with E-state index in [1.807, 2.05) is 12.1 Å². The van der Waals surface area contributed by atoms with Crippen molar-refractivity contribution in [3.8, 4) is 5.75 Å². The summed E-state index contributed by atoms with van der Waals surface area (Å²) >= 11 is 3.52. The normalized spacial score (nSPS) is 17.4. The van der Waals surface area contributed by atoms with Gasteiger partial charge in [0.05, 0.1) is 7.11 Å². The molecule has 0 aromatic heterocycles. The van der Waals surface area contributed by atoms with E-state index in [0.717, 1.165) is 29.2 Å². The Labute approximate surface area is 130 Å². The smallest absolute Gasteiger partial charge is 0.123 e. The van der Waals surface area contributed by atoms with E-state index in [4.69, 9.17) is 4.74 Å². The summed E-state index contributed by atoms with van der Waals surface area (Å²) in [6, 6.07) is 6.16. The minimum atomic E-state index is 0.816. The molecule has 0 saturated carbocycles. The molecule has 0 spiro atoms. The van der Waals surface area contributed by atoms with E-state index in [9.17, 15) is 0 Å². The SMILES string of the molecule is CCN1CCC(CNCc2cc(Br)ccc2OC)CC1. The van der Waals surface area contributed by atoms with Gasteiger partial charge in [0.2, 0.25) is 0 Å². The van der Waals surface area contributed by atoms with Gasteiger partial charge in [-0.2, -0.15) is 0 Å². The monoisotopic (exact) mass is 340 g/mol. The average Bonchev–Trinajstić information content (AvgIpc) is 2.48. The fourth-order valence-electron chi connectivity index (χ4n) is 2.80. The number of hydrogen-bond donors (Lipinski definition) is 1. The van der Waals surface area contributed by atoms with Crippen LogP contribution in [-0.2, 0) is 6.54 Å². The minimum Gasteiger partial charge on any atom is -0.496 e. The van der Waals surface area contributed by atoms with Crippen LogP contribution in [0.4, 0.5) is 0 Å². The molecule has 0 radical (unpaired) electrons. The summed E-state index contributed by atoms with van der Waals surface area (Å²) in [5.74, 6) is 1.78. The van der Waals surface area contributed by atoms with Crippen molar-refractivity contribution in [3.63, 3.8) is 0 Å². The van der Waals surface area contributed by atoms with Crippen molar-refractivity contribution >= 4 is 15.9 Å². The lowest BCUT2D eigenvalue weighted by molar-refractivity contribution is 0.190. The molecule has 1 N–H and O–H groups in total. The van der Waals surface area contributed by atoms with Crippen LogP contribution in [0, 0.1) is 5.92 Å². The second-order valence-electron chi connectivity index (χ2n) is 5.46. The lowest BCUT2D eigenvalue weighted by atomic mass is 9.97. The maximum Gasteiger partial charge on any atom is 0.123 e. The summed E-state index contributed by atoms with van der Waals surface area (Å²) in [5.41, 5.74) is 1.22. The van der Waals surface area contributed by atoms with Gasteiger partial charge in [-0.05, 0) is 63.1 Å². The van der Waals surface area contributed by atoms with E-state index in [1.165, 1.54) is 38.0 Å². The third-order valence-electron chi connectivity index (χ3n) is 4.15. The van der Waals surface area contributed by atoms with Crippen molar-refractivity contribution in [3.05, 3.63) is 28.2 Å². The highest BCUT2D eigenvalue weighted by Crippen LogP contribution is 2.23. The highest BCUT2D eigenvalue weighted by atomic mass is 79.9. The van der Waals surface area contributed by atoms with Crippen molar-refractivity contribution in [2.24, 2.45) is 5.92 Å². The van der Waals surface area contributed by atoms with Crippen molar-refractivity contribution in [1.82, 2.24) is 10.2 Å². The van der Waals surface area contributed by atoms with Crippen LogP contribution in [-0.4, -0.2) is 38.2 Å². The minimum absolute atomic E-state index is 0.816. The molecule has 0 atom stereocenters. The summed E-state index contributed by atoms with van der Waals surface area (Å²) in [6.07, 6.45) is 2.63. The zero-order chi connectivity index (χ0) is 14.4. The average molecular weight is 341 g/mol. The molecule has 112 valence electrons. The molecule has 0 aliphatic carbocycles. The second kappa shape index (κ2) is 8.01. The molecule has 1 aromatic carbocycles. The standard InChI is InChI=1S/C16H25BrN2O/c1-3-19-8-6-13(7-9-19)11-18-12-14-10-15(17)4-5-16(14)20-2/h4-5,10,13,18H,3,6-9,11-12H2,1-2H3. The summed E-state index contributed by atoms with van der Waals surface area (Å²) in [7, 11) is 1.73. The number of ether oxygens (including phenoxy) is 1. The molecule has 1 fully saturated rings. The lowest BCUT2D eigenvalue weighted by Gasteiger charge is -2.31. The first-order valence-corrected chi connectivity index (χ1v) is 8.27. The summed E-state index contributed by atoms with van der Waals surface area (Å²) < 4.78 is 6.51. The summed E-state index contributed by atoms with van der Waals surface area (Å²) in [6.45, 7) is 7.92. The van der Waals surface area contributed by atoms with Gasteiger partial charge >= 0.3 is 0 Å². The first-order chi connectivity index (χ1) is 9.72. The molecule has 1 saturated heterocycles. The number of benzene rings is 1. The number of hydrogen-bond acceptors (Lipinski definition) is 3. The number of rotatable bonds is 6. The molecule has 0 unspecified atom stereocenters. The van der Waals surface area contributed by atoms with Gasteiger partial charge in [-0.15, -0.1) is 0 Å². The van der Waals surface area contributed by atoms with Gasteiger partial charge in [-0.3, -0.25) is 0 Å². The molecule has 4 heteroatoms. The third kappa shape index (κ3) is 4.47. The number of halogens is 1. The summed E-state index contributed by atoms with van der Waals surface area (Å²) in [4.78, 5) is 2.54. The molecular weight excluding hydrogens is 316 g/mol. The van der Waals surface area contributed by atoms with E-state index >= 15 is 0 Å². The molecule has 3 nitrogen and oxygen atoms in total. The zero-order valence-electron chi connectivity index (χ0n) is 12.5. The topological polar surface area (TPSA) is 24.5 Å². The van der Waals surface area contributed by atoms with Gasteiger partial charge in [0.15, 0.2) is 0 Å². The molecule has 20 heavy (non-hydrogen) atoms. The van der Waals surface area contributed by atoms with Crippen molar-refractivity contribution in [2.45, 2.75) is 26.3 Å². The molecule has 2 rings (SSSR count). The van der Waals surface area contributed by atoms with Crippen molar-refractivity contribution in [1.29, 1.82) is 0 Å². The maximum absolute atomic E-state index is 5.40. The zero-order valence-corrected chi connectivity index (χ0v) is 14.1. The van der Waals surface area contributed by atoms with Crippen LogP contribution in [0.3, 0.4) is 0 Å². The Kier molecular flexibility index (Phi) is 6.33. The highest BCUT2D eigenvalue weighted by Gasteiger charge is 2.17. The van der Waals surface area contributed by atoms with Crippen LogP contribution in [0.1, 0.15) is 25.3 Å². The lowest BCUT2D eigenvalue weighted by Crippen LogP contribution is -2.36. The van der Waals surface area contributed by atoms with Crippen LogP contribution in [0.25, 0.3) is 0 Å². The van der Waals surface area contributed by atoms with E-state index in [-0.39, 0.29) is 0 Å². The molecule has 1 aliphatic heterocycles. The third-order valence-corrected chi connectivity index (χ3v) is 4.64. The molecule has 0 bridgehead atoms. The van der Waals surface area contributed by atoms with Crippen LogP contribution < -0.4 is 10.1 Å². The fraction of sp³-hybridized carbons (Fsp3) is 0.625. The fourth-order valence-corrected chi connectivity index (χ4v) is 3.21. The number of nitrogens with zero attached hydrogens (tertiary/aromatic N) is 1. The molecule has 1 aliphatic rings. The number of likely N-dealkylation sites (tertiary alicyclic amines) is 1. The Morgan fingerprint density at radius 3 is 2.75 bits per heavy atom.